The Morgan fingerprint density at radius 1 is 1.33 bits per heavy atom. The van der Waals surface area contributed by atoms with Crippen LogP contribution in [0.2, 0.25) is 0 Å². The van der Waals surface area contributed by atoms with Crippen LogP contribution in [0, 0.1) is 5.82 Å². The molecule has 0 saturated carbocycles. The molecule has 21 heavy (non-hydrogen) atoms. The number of carbonyl (C=O) groups excluding carboxylic acids is 1. The van der Waals surface area contributed by atoms with Gasteiger partial charge in [0.15, 0.2) is 0 Å². The molecule has 2 rings (SSSR count). The van der Waals surface area contributed by atoms with Crippen molar-refractivity contribution in [3.8, 4) is 0 Å². The first-order valence-electron chi connectivity index (χ1n) is 7.32. The van der Waals surface area contributed by atoms with E-state index >= 15 is 0 Å². The van der Waals surface area contributed by atoms with Crippen LogP contribution in [-0.2, 0) is 4.74 Å². The van der Waals surface area contributed by atoms with Crippen molar-refractivity contribution in [2.75, 3.05) is 6.54 Å². The van der Waals surface area contributed by atoms with Gasteiger partial charge in [0.25, 0.3) is 0 Å². The molecule has 1 aromatic carbocycles. The van der Waals surface area contributed by atoms with Gasteiger partial charge in [0.2, 0.25) is 0 Å². The second-order valence-corrected chi connectivity index (χ2v) is 6.43. The van der Waals surface area contributed by atoms with Gasteiger partial charge >= 0.3 is 6.09 Å². The number of carbonyl (C=O) groups is 1. The molecular weight excluding hydrogens is 271 g/mol. The van der Waals surface area contributed by atoms with Crippen molar-refractivity contribution in [3.63, 3.8) is 0 Å². The zero-order valence-corrected chi connectivity index (χ0v) is 12.8. The zero-order valence-electron chi connectivity index (χ0n) is 12.8. The van der Waals surface area contributed by atoms with E-state index in [-0.39, 0.29) is 24.0 Å². The summed E-state index contributed by atoms with van der Waals surface area (Å²) in [5.41, 5.74) is 0.542. The van der Waals surface area contributed by atoms with E-state index in [0.717, 1.165) is 24.9 Å². The molecule has 0 aromatic heterocycles. The number of piperidine rings is 1. The highest BCUT2D eigenvalue weighted by atomic mass is 19.1. The van der Waals surface area contributed by atoms with Crippen molar-refractivity contribution in [2.24, 2.45) is 0 Å². The summed E-state index contributed by atoms with van der Waals surface area (Å²) in [6, 6.07) is 6.67. The Morgan fingerprint density at radius 2 is 2.00 bits per heavy atom. The number of ether oxygens (including phenoxy) is 1. The lowest BCUT2D eigenvalue weighted by Gasteiger charge is -2.32. The Labute approximate surface area is 125 Å². The first-order valence-corrected chi connectivity index (χ1v) is 7.32. The van der Waals surface area contributed by atoms with E-state index in [2.05, 4.69) is 10.6 Å². The first-order chi connectivity index (χ1) is 9.83. The number of amides is 1. The van der Waals surface area contributed by atoms with E-state index in [9.17, 15) is 9.18 Å². The second-order valence-electron chi connectivity index (χ2n) is 6.43. The zero-order chi connectivity index (χ0) is 15.5. The fourth-order valence-corrected chi connectivity index (χ4v) is 2.47. The van der Waals surface area contributed by atoms with Crippen molar-refractivity contribution < 1.29 is 13.9 Å². The highest BCUT2D eigenvalue weighted by Gasteiger charge is 2.25. The molecule has 1 aromatic rings. The van der Waals surface area contributed by atoms with E-state index in [1.54, 1.807) is 12.1 Å². The lowest BCUT2D eigenvalue weighted by Crippen LogP contribution is -2.45. The Balaban J connectivity index is 1.91. The lowest BCUT2D eigenvalue weighted by molar-refractivity contribution is 0.0490. The third kappa shape index (κ3) is 5.01. The average molecular weight is 294 g/mol. The first kappa shape index (κ1) is 15.8. The summed E-state index contributed by atoms with van der Waals surface area (Å²) >= 11 is 0. The van der Waals surface area contributed by atoms with Gasteiger partial charge in [-0.2, -0.15) is 0 Å². The van der Waals surface area contributed by atoms with Crippen LogP contribution in [0.25, 0.3) is 0 Å². The van der Waals surface area contributed by atoms with Crippen LogP contribution in [0.5, 0.6) is 0 Å². The van der Waals surface area contributed by atoms with Crippen LogP contribution >= 0.6 is 0 Å². The minimum absolute atomic E-state index is 0.0659. The van der Waals surface area contributed by atoms with E-state index in [1.165, 1.54) is 12.1 Å². The summed E-state index contributed by atoms with van der Waals surface area (Å²) in [6.45, 7) is 6.34. The molecule has 0 bridgehead atoms. The highest BCUT2D eigenvalue weighted by Crippen LogP contribution is 2.23. The quantitative estimate of drug-likeness (QED) is 0.881. The number of nitrogens with one attached hydrogen (secondary N) is 2. The predicted molar refractivity (Wildman–Crippen MR) is 79.5 cm³/mol. The minimum Gasteiger partial charge on any atom is -0.444 e. The molecule has 4 nitrogen and oxygen atoms in total. The summed E-state index contributed by atoms with van der Waals surface area (Å²) in [5.74, 6) is -0.238. The Hall–Kier alpha value is -1.62. The van der Waals surface area contributed by atoms with Crippen molar-refractivity contribution in [1.29, 1.82) is 0 Å². The second kappa shape index (κ2) is 6.43. The van der Waals surface area contributed by atoms with E-state index in [0.29, 0.717) is 0 Å². The number of hydrogen-bond donors (Lipinski definition) is 2. The maximum Gasteiger partial charge on any atom is 0.407 e. The van der Waals surface area contributed by atoms with Crippen LogP contribution in [0.4, 0.5) is 9.18 Å². The van der Waals surface area contributed by atoms with Gasteiger partial charge in [-0.15, -0.1) is 0 Å². The van der Waals surface area contributed by atoms with Gasteiger partial charge in [-0.25, -0.2) is 9.18 Å². The summed E-state index contributed by atoms with van der Waals surface area (Å²) in [7, 11) is 0. The molecule has 1 fully saturated rings. The molecule has 1 amide bonds. The number of benzene rings is 1. The molecule has 1 heterocycles. The van der Waals surface area contributed by atoms with Gasteiger partial charge < -0.3 is 15.4 Å². The SMILES string of the molecule is CC(C)(C)OC(=O)NC1CCNC(c2ccc(F)cc2)C1. The molecule has 0 aliphatic carbocycles. The normalized spacial score (nSPS) is 22.7. The minimum atomic E-state index is -0.493. The van der Waals surface area contributed by atoms with Crippen LogP contribution in [0.15, 0.2) is 24.3 Å². The topological polar surface area (TPSA) is 50.4 Å². The molecule has 2 N–H and O–H groups in total. The third-order valence-corrected chi connectivity index (χ3v) is 3.40. The standard InChI is InChI=1S/C16H23FN2O2/c1-16(2,3)21-15(20)19-13-8-9-18-14(10-13)11-4-6-12(17)7-5-11/h4-7,13-14,18H,8-10H2,1-3H3,(H,19,20). The van der Waals surface area contributed by atoms with Gasteiger partial charge in [0.05, 0.1) is 0 Å². The summed E-state index contributed by atoms with van der Waals surface area (Å²) < 4.78 is 18.2. The molecule has 2 unspecified atom stereocenters. The van der Waals surface area contributed by atoms with Crippen molar-refractivity contribution >= 4 is 6.09 Å². The van der Waals surface area contributed by atoms with Crippen molar-refractivity contribution in [3.05, 3.63) is 35.6 Å². The lowest BCUT2D eigenvalue weighted by atomic mass is 9.94. The Bertz CT molecular complexity index is 482. The fraction of sp³-hybridized carbons (Fsp3) is 0.562. The smallest absolute Gasteiger partial charge is 0.407 e. The number of hydrogen-bond acceptors (Lipinski definition) is 3. The molecule has 0 spiro atoms. The van der Waals surface area contributed by atoms with Crippen LogP contribution in [0.1, 0.15) is 45.2 Å². The summed E-state index contributed by atoms with van der Waals surface area (Å²) in [5, 5.41) is 6.30. The Kier molecular flexibility index (Phi) is 4.83. The van der Waals surface area contributed by atoms with Gasteiger partial charge in [-0.05, 0) is 57.9 Å². The van der Waals surface area contributed by atoms with Crippen LogP contribution in [0.3, 0.4) is 0 Å². The van der Waals surface area contributed by atoms with Gasteiger partial charge in [0.1, 0.15) is 11.4 Å². The molecular formula is C16H23FN2O2. The van der Waals surface area contributed by atoms with Gasteiger partial charge in [-0.1, -0.05) is 12.1 Å². The van der Waals surface area contributed by atoms with E-state index < -0.39 is 5.60 Å². The van der Waals surface area contributed by atoms with Crippen molar-refractivity contribution in [1.82, 2.24) is 10.6 Å². The maximum absolute atomic E-state index is 13.0. The fourth-order valence-electron chi connectivity index (χ4n) is 2.47. The van der Waals surface area contributed by atoms with E-state index in [1.807, 2.05) is 20.8 Å². The predicted octanol–water partition coefficient (Wildman–Crippen LogP) is 3.14. The number of alkyl carbamates (subject to hydrolysis) is 1. The largest absolute Gasteiger partial charge is 0.444 e. The van der Waals surface area contributed by atoms with Gasteiger partial charge in [0, 0.05) is 12.1 Å². The molecule has 2 atom stereocenters. The van der Waals surface area contributed by atoms with E-state index in [4.69, 9.17) is 4.74 Å². The monoisotopic (exact) mass is 294 g/mol. The van der Waals surface area contributed by atoms with Crippen LogP contribution in [-0.4, -0.2) is 24.3 Å². The third-order valence-electron chi connectivity index (χ3n) is 3.40. The van der Waals surface area contributed by atoms with Crippen LogP contribution < -0.4 is 10.6 Å². The highest BCUT2D eigenvalue weighted by molar-refractivity contribution is 5.68. The summed E-state index contributed by atoms with van der Waals surface area (Å²) in [6.07, 6.45) is 1.24. The number of rotatable bonds is 2. The molecule has 1 aliphatic heterocycles. The molecule has 1 saturated heterocycles. The average Bonchev–Trinajstić information content (AvgIpc) is 2.37. The Morgan fingerprint density at radius 3 is 2.62 bits per heavy atom. The molecule has 5 heteroatoms. The summed E-state index contributed by atoms with van der Waals surface area (Å²) in [4.78, 5) is 11.8. The van der Waals surface area contributed by atoms with Crippen molar-refractivity contribution in [2.45, 2.75) is 51.3 Å². The molecule has 0 radical (unpaired) electrons. The maximum atomic E-state index is 13.0. The number of halogens is 1. The molecule has 116 valence electrons. The van der Waals surface area contributed by atoms with Gasteiger partial charge in [-0.3, -0.25) is 0 Å². The molecule has 1 aliphatic rings.